The van der Waals surface area contributed by atoms with Gasteiger partial charge in [-0.3, -0.25) is 0 Å². The van der Waals surface area contributed by atoms with Crippen LogP contribution in [0.15, 0.2) is 60.7 Å². The van der Waals surface area contributed by atoms with Gasteiger partial charge in [-0.25, -0.2) is 0 Å². The Morgan fingerprint density at radius 3 is 1.30 bits per heavy atom. The third-order valence-electron chi connectivity index (χ3n) is 4.15. The van der Waals surface area contributed by atoms with Gasteiger partial charge < -0.3 is 0 Å². The molecule has 122 valence electrons. The third-order valence-corrected chi connectivity index (χ3v) is 14.1. The summed E-state index contributed by atoms with van der Waals surface area (Å²) in [5.74, 6) is 1.81. The number of carbonyl (C=O) groups excluding carboxylic acids is 2. The average Bonchev–Trinajstić information content (AvgIpc) is 2.66. The van der Waals surface area contributed by atoms with Crippen LogP contribution >= 0.6 is 15.9 Å². The van der Waals surface area contributed by atoms with E-state index in [2.05, 4.69) is 15.9 Å². The Labute approximate surface area is 149 Å². The van der Waals surface area contributed by atoms with Gasteiger partial charge in [0, 0.05) is 0 Å². The van der Waals surface area contributed by atoms with Gasteiger partial charge in [0.15, 0.2) is 0 Å². The maximum absolute atomic E-state index is 13.0. The summed E-state index contributed by atoms with van der Waals surface area (Å²) >= 11 is -0.381. The molecule has 0 aliphatic heterocycles. The van der Waals surface area contributed by atoms with Gasteiger partial charge in [0.05, 0.1) is 0 Å². The van der Waals surface area contributed by atoms with Crippen molar-refractivity contribution in [1.29, 1.82) is 0 Å². The molecule has 0 aliphatic carbocycles. The second-order valence-corrected chi connectivity index (χ2v) is 14.6. The molecule has 2 nitrogen and oxygen atoms in total. The van der Waals surface area contributed by atoms with Crippen molar-refractivity contribution in [2.45, 2.75) is 24.4 Å². The molecule has 0 saturated carbocycles. The predicted molar refractivity (Wildman–Crippen MR) is 103 cm³/mol. The summed E-state index contributed by atoms with van der Waals surface area (Å²) in [6, 6.07) is 18.5. The summed E-state index contributed by atoms with van der Waals surface area (Å²) in [6.45, 7) is 3.98. The van der Waals surface area contributed by atoms with E-state index in [-0.39, 0.29) is 9.23 Å². The Hall–Kier alpha value is -1.20. The van der Waals surface area contributed by atoms with Crippen LogP contribution in [0, 0.1) is 0 Å². The number of hydrogen-bond acceptors (Lipinski definition) is 2. The van der Waals surface area contributed by atoms with Crippen LogP contribution in [0.5, 0.6) is 0 Å². The molecule has 0 aliphatic rings. The van der Waals surface area contributed by atoms with Crippen LogP contribution in [0.1, 0.15) is 34.6 Å². The number of carbonyl (C=O) groups is 2. The number of halogens is 1. The van der Waals surface area contributed by atoms with Gasteiger partial charge in [-0.2, -0.15) is 0 Å². The van der Waals surface area contributed by atoms with E-state index in [1.165, 1.54) is 0 Å². The van der Waals surface area contributed by atoms with Crippen LogP contribution in [-0.2, 0) is 0 Å². The molecule has 0 aromatic heterocycles. The van der Waals surface area contributed by atoms with Crippen molar-refractivity contribution in [3.63, 3.8) is 0 Å². The second-order valence-electron chi connectivity index (χ2n) is 5.18. The van der Waals surface area contributed by atoms with Gasteiger partial charge >= 0.3 is 128 Å². The van der Waals surface area contributed by atoms with Crippen molar-refractivity contribution < 1.29 is 9.59 Å². The Morgan fingerprint density at radius 2 is 1.04 bits per heavy atom. The summed E-state index contributed by atoms with van der Waals surface area (Å²) in [7, 11) is 0. The van der Waals surface area contributed by atoms with Gasteiger partial charge in [0.2, 0.25) is 0 Å². The molecule has 0 saturated heterocycles. The van der Waals surface area contributed by atoms with E-state index in [4.69, 9.17) is 0 Å². The van der Waals surface area contributed by atoms with E-state index >= 15 is 0 Å². The maximum atomic E-state index is 13.0. The monoisotopic (exact) mass is 436 g/mol. The summed E-state index contributed by atoms with van der Waals surface area (Å²) in [5, 5.41) is 1.38. The molecule has 2 aromatic carbocycles. The topological polar surface area (TPSA) is 34.1 Å². The predicted octanol–water partition coefficient (Wildman–Crippen LogP) is 5.33. The first-order chi connectivity index (χ1) is 11.2. The van der Waals surface area contributed by atoms with Crippen molar-refractivity contribution in [1.82, 2.24) is 0 Å². The van der Waals surface area contributed by atoms with Gasteiger partial charge in [0.25, 0.3) is 0 Å². The van der Waals surface area contributed by atoms with Crippen molar-refractivity contribution in [2.24, 2.45) is 0 Å². The molecule has 0 N–H and O–H groups in total. The quantitative estimate of drug-likeness (QED) is 0.454. The summed E-state index contributed by atoms with van der Waals surface area (Å²) < 4.78 is 0.212. The number of benzene rings is 2. The molecular weight excluding hydrogens is 413 g/mol. The molecule has 0 amide bonds. The van der Waals surface area contributed by atoms with Gasteiger partial charge in [-0.05, 0) is 5.83 Å². The third kappa shape index (κ3) is 4.42. The van der Waals surface area contributed by atoms with Gasteiger partial charge in [0.1, 0.15) is 0 Å². The molecule has 4 heteroatoms. The van der Waals surface area contributed by atoms with Crippen LogP contribution in [0.4, 0.5) is 0 Å². The molecule has 0 atom stereocenters. The molecule has 0 fully saturated rings. The zero-order valence-electron chi connectivity index (χ0n) is 13.9. The van der Waals surface area contributed by atoms with Gasteiger partial charge in [-0.15, -0.1) is 0 Å². The molecule has 0 spiro atoms. The first-order valence-electron chi connectivity index (χ1n) is 7.73. The van der Waals surface area contributed by atoms with E-state index in [1.807, 2.05) is 80.3 Å². The standard InChI is InChI=1S/C18H20GeO2.CH3Br/c1-3-19(4-2,17(20)15-11-7-5-8-12-15)18(21)16-13-9-6-10-14-16;1-2/h5-14H,3-4H2,1-2H3;1H3. The summed E-state index contributed by atoms with van der Waals surface area (Å²) in [5.41, 5.74) is 1.37. The first kappa shape index (κ1) is 19.8. The fourth-order valence-corrected chi connectivity index (χ4v) is 9.92. The van der Waals surface area contributed by atoms with E-state index in [0.29, 0.717) is 21.6 Å². The number of hydrogen-bond donors (Lipinski definition) is 0. The fraction of sp³-hybridized carbons (Fsp3) is 0.263. The van der Waals surface area contributed by atoms with Crippen LogP contribution in [0.3, 0.4) is 0 Å². The van der Waals surface area contributed by atoms with Crippen LogP contribution in [0.25, 0.3) is 0 Å². The zero-order valence-corrected chi connectivity index (χ0v) is 17.6. The van der Waals surface area contributed by atoms with Crippen molar-refractivity contribution in [3.8, 4) is 0 Å². The number of alkyl halides is 1. The average molecular weight is 436 g/mol. The fourth-order valence-electron chi connectivity index (χ4n) is 2.73. The zero-order chi connectivity index (χ0) is 17.3. The Morgan fingerprint density at radius 1 is 0.739 bits per heavy atom. The molecule has 0 bridgehead atoms. The van der Waals surface area contributed by atoms with Crippen molar-refractivity contribution >= 4 is 38.4 Å². The molecule has 0 unspecified atom stereocenters. The van der Waals surface area contributed by atoms with Crippen molar-refractivity contribution in [3.05, 3.63) is 71.8 Å². The number of rotatable bonds is 6. The SMILES string of the molecule is CBr.C[CH2][Ge]([CH2]C)([C](=O)c1ccccc1)[C](=O)c1ccccc1. The Kier molecular flexibility index (Phi) is 8.49. The van der Waals surface area contributed by atoms with Crippen LogP contribution in [0.2, 0.25) is 10.5 Å². The van der Waals surface area contributed by atoms with Crippen molar-refractivity contribution in [2.75, 3.05) is 5.83 Å². The minimum atomic E-state index is -3.32. The normalized spacial score (nSPS) is 10.4. The summed E-state index contributed by atoms with van der Waals surface area (Å²) in [4.78, 5) is 26.0. The van der Waals surface area contributed by atoms with E-state index in [9.17, 15) is 9.59 Å². The molecule has 0 heterocycles. The van der Waals surface area contributed by atoms with Crippen LogP contribution < -0.4 is 0 Å². The van der Waals surface area contributed by atoms with Crippen LogP contribution in [-0.4, -0.2) is 28.3 Å². The summed E-state index contributed by atoms with van der Waals surface area (Å²) in [6.07, 6.45) is 0. The molecule has 23 heavy (non-hydrogen) atoms. The van der Waals surface area contributed by atoms with E-state index in [0.717, 1.165) is 0 Å². The first-order valence-corrected chi connectivity index (χ1v) is 14.4. The minimum absolute atomic E-state index is 0.106. The van der Waals surface area contributed by atoms with Gasteiger partial charge in [-0.1, -0.05) is 15.9 Å². The Bertz CT molecular complexity index is 569. The Balaban J connectivity index is 0.00000127. The molecule has 2 rings (SSSR count). The molecule has 2 aromatic rings. The van der Waals surface area contributed by atoms with E-state index in [1.54, 1.807) is 0 Å². The molecular formula is C19H23BrGeO2. The molecule has 0 radical (unpaired) electrons. The van der Waals surface area contributed by atoms with E-state index < -0.39 is 13.3 Å². The second kappa shape index (κ2) is 9.83.